The zero-order chi connectivity index (χ0) is 20.3. The molecule has 2 saturated heterocycles. The van der Waals surface area contributed by atoms with Gasteiger partial charge in [-0.25, -0.2) is 0 Å². The zero-order valence-corrected chi connectivity index (χ0v) is 18.6. The summed E-state index contributed by atoms with van der Waals surface area (Å²) in [6, 6.07) is 0.675. The van der Waals surface area contributed by atoms with Crippen LogP contribution in [0.5, 0.6) is 0 Å². The molecule has 0 saturated carbocycles. The van der Waals surface area contributed by atoms with Crippen molar-refractivity contribution in [3.05, 3.63) is 23.5 Å². The number of hydrogen-bond donors (Lipinski definition) is 2. The fraction of sp³-hybridized carbons (Fsp3) is 0.783. The van der Waals surface area contributed by atoms with E-state index in [4.69, 9.17) is 10.1 Å². The molecule has 2 atom stereocenters. The normalized spacial score (nSPS) is 26.5. The van der Waals surface area contributed by atoms with Gasteiger partial charge in [0.05, 0.1) is 6.04 Å². The van der Waals surface area contributed by atoms with Crippen molar-refractivity contribution in [1.29, 1.82) is 5.41 Å². The Hall–Kier alpha value is -1.65. The first-order valence-electron chi connectivity index (χ1n) is 11.2. The van der Waals surface area contributed by atoms with Gasteiger partial charge in [0.2, 0.25) is 0 Å². The van der Waals surface area contributed by atoms with E-state index in [0.717, 1.165) is 32.6 Å². The second-order valence-electron chi connectivity index (χ2n) is 9.94. The Morgan fingerprint density at radius 1 is 1.11 bits per heavy atom. The van der Waals surface area contributed by atoms with Gasteiger partial charge in [-0.2, -0.15) is 0 Å². The summed E-state index contributed by atoms with van der Waals surface area (Å²) >= 11 is 0. The van der Waals surface area contributed by atoms with Gasteiger partial charge in [0.25, 0.3) is 6.02 Å². The molecule has 5 heteroatoms. The van der Waals surface area contributed by atoms with E-state index >= 15 is 0 Å². The van der Waals surface area contributed by atoms with Crippen molar-refractivity contribution in [2.45, 2.75) is 78.4 Å². The van der Waals surface area contributed by atoms with Gasteiger partial charge >= 0.3 is 0 Å². The van der Waals surface area contributed by atoms with Crippen LogP contribution in [0.25, 0.3) is 0 Å². The largest absolute Gasteiger partial charge is 0.460 e. The van der Waals surface area contributed by atoms with E-state index in [0.29, 0.717) is 23.9 Å². The lowest BCUT2D eigenvalue weighted by Crippen LogP contribution is -2.48. The number of dihydropyridines is 1. The molecule has 0 bridgehead atoms. The molecular formula is C23H40N4O. The summed E-state index contributed by atoms with van der Waals surface area (Å²) in [6.07, 6.45) is 10.9. The van der Waals surface area contributed by atoms with Crippen molar-refractivity contribution in [2.24, 2.45) is 11.8 Å². The third kappa shape index (κ3) is 5.24. The summed E-state index contributed by atoms with van der Waals surface area (Å²) < 4.78 is 5.89. The van der Waals surface area contributed by atoms with Gasteiger partial charge in [0.15, 0.2) is 0 Å². The van der Waals surface area contributed by atoms with E-state index < -0.39 is 0 Å². The monoisotopic (exact) mass is 388 g/mol. The van der Waals surface area contributed by atoms with Crippen LogP contribution in [0.1, 0.15) is 66.7 Å². The molecule has 3 aliphatic heterocycles. The zero-order valence-electron chi connectivity index (χ0n) is 18.6. The Morgan fingerprint density at radius 3 is 2.39 bits per heavy atom. The number of nitrogens with one attached hydrogen (secondary N) is 2. The predicted octanol–water partition coefficient (Wildman–Crippen LogP) is 4.33. The van der Waals surface area contributed by atoms with Crippen molar-refractivity contribution in [3.8, 4) is 0 Å². The highest BCUT2D eigenvalue weighted by Gasteiger charge is 2.36. The summed E-state index contributed by atoms with van der Waals surface area (Å²) in [7, 11) is 0. The molecule has 158 valence electrons. The van der Waals surface area contributed by atoms with Crippen molar-refractivity contribution in [1.82, 2.24) is 15.1 Å². The highest BCUT2D eigenvalue weighted by atomic mass is 16.5. The van der Waals surface area contributed by atoms with Crippen LogP contribution in [-0.4, -0.2) is 53.6 Å². The fourth-order valence-corrected chi connectivity index (χ4v) is 4.57. The first kappa shape index (κ1) is 21.1. The second kappa shape index (κ2) is 8.79. The standard InChI is InChI=1S/C23H40N4O/c1-17(2)19-16-27(22(24)28-23(3,4)5)15-12-18-10-11-20(25-21(18)19)26-13-8-6-7-9-14-26/h10-11,17,19,21,24-25H,6-9,12-16H2,1-5H3. The molecule has 0 spiro atoms. The van der Waals surface area contributed by atoms with Gasteiger partial charge in [0.1, 0.15) is 11.4 Å². The lowest BCUT2D eigenvalue weighted by molar-refractivity contribution is 0.0804. The lowest BCUT2D eigenvalue weighted by atomic mass is 9.83. The number of rotatable bonds is 2. The Labute approximate surface area is 171 Å². The van der Waals surface area contributed by atoms with E-state index in [1.807, 2.05) is 20.8 Å². The molecule has 0 aromatic rings. The summed E-state index contributed by atoms with van der Waals surface area (Å²) in [5.74, 6) is 2.29. The van der Waals surface area contributed by atoms with Crippen molar-refractivity contribution in [3.63, 3.8) is 0 Å². The summed E-state index contributed by atoms with van der Waals surface area (Å²) in [4.78, 5) is 4.69. The Kier molecular flexibility index (Phi) is 6.61. The number of likely N-dealkylation sites (tertiary alicyclic amines) is 2. The quantitative estimate of drug-likeness (QED) is 0.546. The van der Waals surface area contributed by atoms with Crippen molar-refractivity contribution in [2.75, 3.05) is 26.2 Å². The number of nitrogens with zero attached hydrogens (tertiary/aromatic N) is 2. The van der Waals surface area contributed by atoms with Crippen LogP contribution >= 0.6 is 0 Å². The SMILES string of the molecule is CC(C)C1CN(C(=N)OC(C)(C)C)CCC2=CC=C(N3CCCCCC3)NC21. The summed E-state index contributed by atoms with van der Waals surface area (Å²) in [6.45, 7) is 14.7. The smallest absolute Gasteiger partial charge is 0.284 e. The maximum absolute atomic E-state index is 8.50. The third-order valence-corrected chi connectivity index (χ3v) is 6.18. The second-order valence-corrected chi connectivity index (χ2v) is 9.94. The molecule has 28 heavy (non-hydrogen) atoms. The Balaban J connectivity index is 1.75. The van der Waals surface area contributed by atoms with Crippen molar-refractivity contribution >= 4 is 6.02 Å². The molecule has 2 fully saturated rings. The van der Waals surface area contributed by atoms with Crippen LogP contribution in [0.15, 0.2) is 23.5 Å². The number of hydrogen-bond acceptors (Lipinski definition) is 4. The van der Waals surface area contributed by atoms with Crippen molar-refractivity contribution < 1.29 is 4.74 Å². The predicted molar refractivity (Wildman–Crippen MR) is 116 cm³/mol. The van der Waals surface area contributed by atoms with Crippen LogP contribution in [0, 0.1) is 17.2 Å². The number of allylic oxidation sites excluding steroid dienone is 2. The minimum absolute atomic E-state index is 0.318. The van der Waals surface area contributed by atoms with E-state index in [-0.39, 0.29) is 5.60 Å². The molecule has 2 unspecified atom stereocenters. The minimum Gasteiger partial charge on any atom is -0.460 e. The molecule has 0 aromatic heterocycles. The molecule has 3 aliphatic rings. The molecule has 0 radical (unpaired) electrons. The van der Waals surface area contributed by atoms with Gasteiger partial charge in [-0.05, 0) is 57.6 Å². The minimum atomic E-state index is -0.331. The van der Waals surface area contributed by atoms with Gasteiger partial charge in [-0.3, -0.25) is 5.41 Å². The number of fused-ring (bicyclic) bond motifs is 1. The maximum Gasteiger partial charge on any atom is 0.284 e. The first-order valence-corrected chi connectivity index (χ1v) is 11.2. The molecular weight excluding hydrogens is 348 g/mol. The number of ether oxygens (including phenoxy) is 1. The van der Waals surface area contributed by atoms with Crippen LogP contribution < -0.4 is 5.32 Å². The fourth-order valence-electron chi connectivity index (χ4n) is 4.57. The van der Waals surface area contributed by atoms with Crippen LogP contribution in [-0.2, 0) is 4.74 Å². The average molecular weight is 389 g/mol. The number of amidine groups is 1. The third-order valence-electron chi connectivity index (χ3n) is 6.18. The molecule has 2 N–H and O–H groups in total. The molecule has 5 nitrogen and oxygen atoms in total. The molecule has 3 heterocycles. The van der Waals surface area contributed by atoms with Crippen LogP contribution in [0.4, 0.5) is 0 Å². The van der Waals surface area contributed by atoms with Gasteiger partial charge in [-0.1, -0.05) is 32.8 Å². The first-order chi connectivity index (χ1) is 13.2. The molecule has 0 amide bonds. The molecule has 0 aromatic carbocycles. The Morgan fingerprint density at radius 2 is 1.79 bits per heavy atom. The van der Waals surface area contributed by atoms with Gasteiger partial charge in [-0.15, -0.1) is 0 Å². The molecule has 3 rings (SSSR count). The van der Waals surface area contributed by atoms with E-state index in [9.17, 15) is 0 Å². The molecule has 0 aliphatic carbocycles. The average Bonchev–Trinajstić information content (AvgIpc) is 2.99. The van der Waals surface area contributed by atoms with Gasteiger partial charge < -0.3 is 19.9 Å². The Bertz CT molecular complexity index is 609. The maximum atomic E-state index is 8.50. The lowest BCUT2D eigenvalue weighted by Gasteiger charge is -2.38. The summed E-state index contributed by atoms with van der Waals surface area (Å²) in [5.41, 5.74) is 1.14. The summed E-state index contributed by atoms with van der Waals surface area (Å²) in [5, 5.41) is 12.4. The van der Waals surface area contributed by atoms with E-state index in [2.05, 4.69) is 41.1 Å². The van der Waals surface area contributed by atoms with Crippen LogP contribution in [0.2, 0.25) is 0 Å². The van der Waals surface area contributed by atoms with Gasteiger partial charge in [0, 0.05) is 32.1 Å². The van der Waals surface area contributed by atoms with E-state index in [1.54, 1.807) is 0 Å². The van der Waals surface area contributed by atoms with Crippen LogP contribution in [0.3, 0.4) is 0 Å². The topological polar surface area (TPSA) is 51.6 Å². The van der Waals surface area contributed by atoms with E-state index in [1.165, 1.54) is 37.1 Å². The highest BCUT2D eigenvalue weighted by molar-refractivity contribution is 5.71. The highest BCUT2D eigenvalue weighted by Crippen LogP contribution is 2.32.